The van der Waals surface area contributed by atoms with E-state index in [1.165, 1.54) is 10.9 Å². The zero-order valence-corrected chi connectivity index (χ0v) is 12.9. The van der Waals surface area contributed by atoms with Gasteiger partial charge in [-0.2, -0.15) is 0 Å². The minimum Gasteiger partial charge on any atom is -0.394 e. The lowest BCUT2D eigenvalue weighted by molar-refractivity contribution is -0.254. The standard InChI is InChI=1S/C13H22FN3O7/c14-1-2-22-3-4-23-7-8-5-17(16-15-8)13-12(21)11(20)10(19)9(6-18)24-13/h5,9-13,18-21H,1-4,6-7H2/t9-,10-,11+,12-,13-/m1/s1/i14-1. The summed E-state index contributed by atoms with van der Waals surface area (Å²) in [6.45, 7) is -0.414. The Bertz CT molecular complexity index is 490. The molecule has 0 spiro atoms. The molecule has 138 valence electrons. The highest BCUT2D eigenvalue weighted by molar-refractivity contribution is 4.95. The van der Waals surface area contributed by atoms with E-state index in [-0.39, 0.29) is 26.4 Å². The van der Waals surface area contributed by atoms with E-state index in [9.17, 15) is 19.7 Å². The molecule has 5 atom stereocenters. The molecule has 10 nitrogen and oxygen atoms in total. The Kier molecular flexibility index (Phi) is 7.42. The fourth-order valence-electron chi connectivity index (χ4n) is 2.26. The lowest BCUT2D eigenvalue weighted by Gasteiger charge is -2.39. The van der Waals surface area contributed by atoms with Crippen LogP contribution in [0.4, 0.5) is 4.39 Å². The van der Waals surface area contributed by atoms with Crippen molar-refractivity contribution in [2.45, 2.75) is 37.3 Å². The highest BCUT2D eigenvalue weighted by atomic mass is 18.2. The predicted molar refractivity (Wildman–Crippen MR) is 75.5 cm³/mol. The summed E-state index contributed by atoms with van der Waals surface area (Å²) >= 11 is 0. The number of aliphatic hydroxyl groups excluding tert-OH is 4. The number of halogens is 1. The first kappa shape index (κ1) is 19.1. The smallest absolute Gasteiger partial charge is 0.180 e. The molecule has 2 heterocycles. The van der Waals surface area contributed by atoms with E-state index in [1.54, 1.807) is 0 Å². The zero-order valence-electron chi connectivity index (χ0n) is 12.9. The predicted octanol–water partition coefficient (Wildman–Crippen LogP) is -2.25. The molecule has 24 heavy (non-hydrogen) atoms. The van der Waals surface area contributed by atoms with Crippen molar-refractivity contribution >= 4 is 0 Å². The number of nitrogens with zero attached hydrogens (tertiary/aromatic N) is 3. The maximum Gasteiger partial charge on any atom is 0.180 e. The Morgan fingerprint density at radius 1 is 1.12 bits per heavy atom. The minimum absolute atomic E-state index is 0.0245. The summed E-state index contributed by atoms with van der Waals surface area (Å²) in [7, 11) is 0. The van der Waals surface area contributed by atoms with Crippen LogP contribution in [-0.2, 0) is 20.8 Å². The number of alkyl halides is 1. The molecule has 1 aromatic heterocycles. The van der Waals surface area contributed by atoms with Gasteiger partial charge in [0, 0.05) is 0 Å². The van der Waals surface area contributed by atoms with Gasteiger partial charge < -0.3 is 34.6 Å². The molecule has 1 aromatic rings. The summed E-state index contributed by atoms with van der Waals surface area (Å²) in [5.41, 5.74) is 0.442. The van der Waals surface area contributed by atoms with Crippen LogP contribution in [0.15, 0.2) is 6.20 Å². The minimum atomic E-state index is -1.49. The van der Waals surface area contributed by atoms with Crippen LogP contribution in [0.25, 0.3) is 0 Å². The van der Waals surface area contributed by atoms with Crippen molar-refractivity contribution in [3.05, 3.63) is 11.9 Å². The van der Waals surface area contributed by atoms with Crippen molar-refractivity contribution in [2.75, 3.05) is 33.1 Å². The maximum atomic E-state index is 11.8. The monoisotopic (exact) mass is 350 g/mol. The van der Waals surface area contributed by atoms with Crippen molar-refractivity contribution in [1.29, 1.82) is 0 Å². The van der Waals surface area contributed by atoms with E-state index in [0.717, 1.165) is 0 Å². The molecule has 0 aliphatic carbocycles. The van der Waals surface area contributed by atoms with Gasteiger partial charge in [0.2, 0.25) is 0 Å². The van der Waals surface area contributed by atoms with Gasteiger partial charge in [-0.1, -0.05) is 5.21 Å². The lowest BCUT2D eigenvalue weighted by atomic mass is 9.98. The van der Waals surface area contributed by atoms with Gasteiger partial charge in [0.15, 0.2) is 6.23 Å². The van der Waals surface area contributed by atoms with Gasteiger partial charge in [-0.05, 0) is 0 Å². The quantitative estimate of drug-likeness (QED) is 0.364. The van der Waals surface area contributed by atoms with Crippen LogP contribution >= 0.6 is 0 Å². The van der Waals surface area contributed by atoms with Gasteiger partial charge in [-0.15, -0.1) is 5.10 Å². The highest BCUT2D eigenvalue weighted by Crippen LogP contribution is 2.27. The van der Waals surface area contributed by atoms with Crippen molar-refractivity contribution in [2.24, 2.45) is 0 Å². The Morgan fingerprint density at radius 3 is 2.58 bits per heavy atom. The molecule has 0 amide bonds. The number of hydrogen-bond acceptors (Lipinski definition) is 9. The van der Waals surface area contributed by atoms with Crippen LogP contribution in [0.2, 0.25) is 0 Å². The molecule has 1 saturated heterocycles. The first-order valence-corrected chi connectivity index (χ1v) is 7.51. The second kappa shape index (κ2) is 9.32. The van der Waals surface area contributed by atoms with Crippen LogP contribution in [0.1, 0.15) is 11.9 Å². The Balaban J connectivity index is 1.87. The number of hydrogen-bond donors (Lipinski definition) is 4. The summed E-state index contributed by atoms with van der Waals surface area (Å²) in [4.78, 5) is 0. The normalized spacial score (nSPS) is 30.6. The largest absolute Gasteiger partial charge is 0.394 e. The van der Waals surface area contributed by atoms with E-state index in [4.69, 9.17) is 19.3 Å². The SMILES string of the molecule is OC[C@H]1O[C@@H](n2cc(COCCOCC[18F])nn2)[C@H](O)[C@@H](O)[C@@H]1O. The topological polar surface area (TPSA) is 139 Å². The van der Waals surface area contributed by atoms with Gasteiger partial charge in [0.05, 0.1) is 39.2 Å². The van der Waals surface area contributed by atoms with Gasteiger partial charge in [0.1, 0.15) is 36.8 Å². The number of aromatic nitrogens is 3. The third kappa shape index (κ3) is 4.66. The molecule has 1 aliphatic rings. The molecule has 0 unspecified atom stereocenters. The molecule has 0 bridgehead atoms. The molecule has 11 heteroatoms. The average Bonchev–Trinajstić information content (AvgIpc) is 3.05. The molecule has 1 fully saturated rings. The van der Waals surface area contributed by atoms with Crippen molar-refractivity contribution in [1.82, 2.24) is 15.0 Å². The Hall–Kier alpha value is -1.21. The first-order chi connectivity index (χ1) is 11.6. The molecule has 0 saturated carbocycles. The molecule has 4 N–H and O–H groups in total. The third-order valence-electron chi connectivity index (χ3n) is 3.53. The summed E-state index contributed by atoms with van der Waals surface area (Å²) < 4.78 is 28.5. The molecular formula is C13H22FN3O7. The lowest BCUT2D eigenvalue weighted by Crippen LogP contribution is -2.56. The van der Waals surface area contributed by atoms with Crippen LogP contribution in [0, 0.1) is 0 Å². The van der Waals surface area contributed by atoms with Gasteiger partial charge in [0.25, 0.3) is 0 Å². The summed E-state index contributed by atoms with van der Waals surface area (Å²) in [5.74, 6) is 0. The molecule has 0 radical (unpaired) electrons. The summed E-state index contributed by atoms with van der Waals surface area (Å²) in [6.07, 6.45) is -5.03. The Morgan fingerprint density at radius 2 is 1.88 bits per heavy atom. The van der Waals surface area contributed by atoms with E-state index in [0.29, 0.717) is 5.69 Å². The van der Waals surface area contributed by atoms with Crippen LogP contribution < -0.4 is 0 Å². The van der Waals surface area contributed by atoms with E-state index < -0.39 is 43.9 Å². The third-order valence-corrected chi connectivity index (χ3v) is 3.53. The fraction of sp³-hybridized carbons (Fsp3) is 0.846. The van der Waals surface area contributed by atoms with Crippen LogP contribution in [0.5, 0.6) is 0 Å². The van der Waals surface area contributed by atoms with Gasteiger partial charge in [-0.3, -0.25) is 0 Å². The average molecular weight is 350 g/mol. The van der Waals surface area contributed by atoms with Crippen molar-refractivity contribution < 1.29 is 39.0 Å². The van der Waals surface area contributed by atoms with E-state index in [2.05, 4.69) is 10.3 Å². The summed E-state index contributed by atoms with van der Waals surface area (Å²) in [5, 5.41) is 46.3. The van der Waals surface area contributed by atoms with Gasteiger partial charge in [-0.25, -0.2) is 9.07 Å². The van der Waals surface area contributed by atoms with Crippen LogP contribution in [-0.4, -0.2) is 92.9 Å². The molecule has 1 aliphatic heterocycles. The summed E-state index contributed by atoms with van der Waals surface area (Å²) in [6, 6.07) is 0. The zero-order chi connectivity index (χ0) is 17.5. The maximum absolute atomic E-state index is 11.8. The van der Waals surface area contributed by atoms with Crippen molar-refractivity contribution in [3.63, 3.8) is 0 Å². The Labute approximate surface area is 137 Å². The molecule has 0 aromatic carbocycles. The van der Waals surface area contributed by atoms with Crippen molar-refractivity contribution in [3.8, 4) is 0 Å². The molecular weight excluding hydrogens is 328 g/mol. The number of aliphatic hydroxyl groups is 4. The van der Waals surface area contributed by atoms with Crippen LogP contribution in [0.3, 0.4) is 0 Å². The number of rotatable bonds is 9. The second-order valence-electron chi connectivity index (χ2n) is 5.26. The second-order valence-corrected chi connectivity index (χ2v) is 5.26. The van der Waals surface area contributed by atoms with Gasteiger partial charge >= 0.3 is 0 Å². The fourth-order valence-corrected chi connectivity index (χ4v) is 2.26. The molecule has 2 rings (SSSR count). The number of ether oxygens (including phenoxy) is 3. The highest BCUT2D eigenvalue weighted by Gasteiger charge is 2.44. The van der Waals surface area contributed by atoms with E-state index in [1.807, 2.05) is 0 Å². The van der Waals surface area contributed by atoms with E-state index >= 15 is 0 Å². The first-order valence-electron chi connectivity index (χ1n) is 7.51.